The molecule has 0 radical (unpaired) electrons. The van der Waals surface area contributed by atoms with Crippen LogP contribution in [-0.4, -0.2) is 28.1 Å². The second-order valence-electron chi connectivity index (χ2n) is 6.43. The Kier molecular flexibility index (Phi) is 3.60. The van der Waals surface area contributed by atoms with E-state index in [2.05, 4.69) is 16.4 Å². The molecule has 5 heteroatoms. The van der Waals surface area contributed by atoms with Crippen LogP contribution in [0.2, 0.25) is 0 Å². The number of hydrogen-bond donors (Lipinski definition) is 1. The zero-order valence-corrected chi connectivity index (χ0v) is 14.0. The third kappa shape index (κ3) is 2.34. The largest absolute Gasteiger partial charge is 0.354 e. The fourth-order valence-electron chi connectivity index (χ4n) is 3.92. The fraction of sp³-hybridized carbons (Fsp3) is 0.444. The summed E-state index contributed by atoms with van der Waals surface area (Å²) in [5, 5.41) is 2.06. The first-order valence-corrected chi connectivity index (χ1v) is 9.14. The van der Waals surface area contributed by atoms with Crippen LogP contribution in [0.4, 0.5) is 0 Å². The normalized spacial score (nSPS) is 20.8. The van der Waals surface area contributed by atoms with E-state index in [4.69, 9.17) is 0 Å². The number of fused-ring (bicyclic) bond motifs is 1. The van der Waals surface area contributed by atoms with Gasteiger partial charge in [0.15, 0.2) is 5.78 Å². The number of H-pyrrole nitrogens is 1. The van der Waals surface area contributed by atoms with Crippen LogP contribution in [0.5, 0.6) is 0 Å². The van der Waals surface area contributed by atoms with Gasteiger partial charge in [0.05, 0.1) is 6.04 Å². The first-order chi connectivity index (χ1) is 11.2. The Bertz CT molecular complexity index is 760. The highest BCUT2D eigenvalue weighted by molar-refractivity contribution is 7.10. The molecule has 23 heavy (non-hydrogen) atoms. The average Bonchev–Trinajstić information content (AvgIpc) is 3.26. The van der Waals surface area contributed by atoms with Crippen LogP contribution in [0.3, 0.4) is 0 Å². The van der Waals surface area contributed by atoms with Crippen LogP contribution < -0.4 is 0 Å². The van der Waals surface area contributed by atoms with Gasteiger partial charge < -0.3 is 9.88 Å². The second kappa shape index (κ2) is 5.64. The van der Waals surface area contributed by atoms with Gasteiger partial charge in [-0.3, -0.25) is 9.59 Å². The molecule has 2 aromatic rings. The van der Waals surface area contributed by atoms with E-state index in [1.807, 2.05) is 17.9 Å². The summed E-state index contributed by atoms with van der Waals surface area (Å²) in [4.78, 5) is 31.7. The number of rotatable bonds is 2. The van der Waals surface area contributed by atoms with Gasteiger partial charge in [0.1, 0.15) is 5.69 Å². The standard InChI is InChI=1S/C18H20N2O2S/c1-11-16-12(5-2-7-14(16)21)19-17(11)18(22)20-9-3-6-13(20)15-8-4-10-23-15/h4,8,10,13,19H,2-3,5-7,9H2,1H3/t13-/m1/s1. The Balaban J connectivity index is 1.68. The maximum Gasteiger partial charge on any atom is 0.271 e. The molecule has 1 N–H and O–H groups in total. The molecular weight excluding hydrogens is 308 g/mol. The zero-order chi connectivity index (χ0) is 16.0. The molecule has 0 saturated carbocycles. The number of hydrogen-bond acceptors (Lipinski definition) is 3. The van der Waals surface area contributed by atoms with Crippen LogP contribution in [0.15, 0.2) is 17.5 Å². The number of amides is 1. The van der Waals surface area contributed by atoms with Crippen molar-refractivity contribution >= 4 is 23.0 Å². The highest BCUT2D eigenvalue weighted by Crippen LogP contribution is 2.36. The topological polar surface area (TPSA) is 53.2 Å². The van der Waals surface area contributed by atoms with Gasteiger partial charge in [-0.2, -0.15) is 0 Å². The van der Waals surface area contributed by atoms with Crippen LogP contribution in [0.25, 0.3) is 0 Å². The van der Waals surface area contributed by atoms with E-state index in [1.165, 1.54) is 4.88 Å². The van der Waals surface area contributed by atoms with Crippen molar-refractivity contribution in [1.29, 1.82) is 0 Å². The number of likely N-dealkylation sites (tertiary alicyclic amines) is 1. The number of aromatic nitrogens is 1. The summed E-state index contributed by atoms with van der Waals surface area (Å²) in [6.45, 7) is 2.69. The molecule has 0 unspecified atom stereocenters. The molecule has 2 aromatic heterocycles. The van der Waals surface area contributed by atoms with E-state index in [-0.39, 0.29) is 17.7 Å². The molecule has 120 valence electrons. The highest BCUT2D eigenvalue weighted by atomic mass is 32.1. The number of aryl methyl sites for hydroxylation is 1. The second-order valence-corrected chi connectivity index (χ2v) is 7.41. The van der Waals surface area contributed by atoms with E-state index in [0.29, 0.717) is 12.1 Å². The van der Waals surface area contributed by atoms with Crippen LogP contribution in [-0.2, 0) is 6.42 Å². The van der Waals surface area contributed by atoms with Crippen LogP contribution in [0.1, 0.15) is 68.7 Å². The molecule has 0 spiro atoms. The van der Waals surface area contributed by atoms with Gasteiger partial charge in [-0.15, -0.1) is 11.3 Å². The summed E-state index contributed by atoms with van der Waals surface area (Å²) in [6, 6.07) is 4.33. The lowest BCUT2D eigenvalue weighted by molar-refractivity contribution is 0.0731. The van der Waals surface area contributed by atoms with E-state index >= 15 is 0 Å². The molecule has 1 aliphatic carbocycles. The van der Waals surface area contributed by atoms with Crippen molar-refractivity contribution in [3.05, 3.63) is 44.9 Å². The van der Waals surface area contributed by atoms with Crippen LogP contribution in [0, 0.1) is 6.92 Å². The Labute approximate surface area is 139 Å². The maximum absolute atomic E-state index is 13.1. The van der Waals surface area contributed by atoms with Crippen molar-refractivity contribution in [3.63, 3.8) is 0 Å². The number of aromatic amines is 1. The van der Waals surface area contributed by atoms with Gasteiger partial charge in [0, 0.05) is 29.1 Å². The molecule has 1 aliphatic heterocycles. The maximum atomic E-state index is 13.1. The number of nitrogens with zero attached hydrogens (tertiary/aromatic N) is 1. The van der Waals surface area contributed by atoms with Gasteiger partial charge in [-0.25, -0.2) is 0 Å². The highest BCUT2D eigenvalue weighted by Gasteiger charge is 2.34. The van der Waals surface area contributed by atoms with Gasteiger partial charge in [0.25, 0.3) is 5.91 Å². The van der Waals surface area contributed by atoms with Crippen molar-refractivity contribution in [3.8, 4) is 0 Å². The number of carbonyl (C=O) groups is 2. The van der Waals surface area contributed by atoms with E-state index < -0.39 is 0 Å². The molecule has 3 heterocycles. The number of ketones is 1. The monoisotopic (exact) mass is 328 g/mol. The molecule has 4 rings (SSSR count). The summed E-state index contributed by atoms with van der Waals surface area (Å²) in [6.07, 6.45) is 4.39. The molecule has 4 nitrogen and oxygen atoms in total. The Morgan fingerprint density at radius 2 is 2.22 bits per heavy atom. The summed E-state index contributed by atoms with van der Waals surface area (Å²) < 4.78 is 0. The molecule has 1 saturated heterocycles. The van der Waals surface area contributed by atoms with E-state index in [1.54, 1.807) is 11.3 Å². The van der Waals surface area contributed by atoms with Gasteiger partial charge in [-0.1, -0.05) is 6.07 Å². The predicted octanol–water partition coefficient (Wildman–Crippen LogP) is 3.88. The van der Waals surface area contributed by atoms with Crippen molar-refractivity contribution < 1.29 is 9.59 Å². The Hall–Kier alpha value is -1.88. The van der Waals surface area contributed by atoms with Crippen LogP contribution >= 0.6 is 11.3 Å². The summed E-state index contributed by atoms with van der Waals surface area (Å²) in [5.74, 6) is 0.218. The summed E-state index contributed by atoms with van der Waals surface area (Å²) in [7, 11) is 0. The third-order valence-corrected chi connectivity index (χ3v) is 6.01. The van der Waals surface area contributed by atoms with Gasteiger partial charge in [0.2, 0.25) is 0 Å². The minimum atomic E-state index is 0.0422. The first-order valence-electron chi connectivity index (χ1n) is 8.26. The molecule has 0 bridgehead atoms. The lowest BCUT2D eigenvalue weighted by atomic mass is 9.93. The summed E-state index contributed by atoms with van der Waals surface area (Å²) in [5.41, 5.74) is 3.18. The van der Waals surface area contributed by atoms with Crippen molar-refractivity contribution in [2.75, 3.05) is 6.54 Å². The van der Waals surface area contributed by atoms with Crippen molar-refractivity contribution in [1.82, 2.24) is 9.88 Å². The quantitative estimate of drug-likeness (QED) is 0.909. The first kappa shape index (κ1) is 14.7. The smallest absolute Gasteiger partial charge is 0.271 e. The van der Waals surface area contributed by atoms with Gasteiger partial charge in [-0.05, 0) is 49.6 Å². The van der Waals surface area contributed by atoms with Gasteiger partial charge >= 0.3 is 0 Å². The number of carbonyl (C=O) groups excluding carboxylic acids is 2. The van der Waals surface area contributed by atoms with Crippen molar-refractivity contribution in [2.45, 2.75) is 45.1 Å². The average molecular weight is 328 g/mol. The number of thiophene rings is 1. The molecule has 2 aliphatic rings. The molecule has 1 fully saturated rings. The summed E-state index contributed by atoms with van der Waals surface area (Å²) >= 11 is 1.71. The zero-order valence-electron chi connectivity index (χ0n) is 13.2. The minimum absolute atomic E-state index is 0.0422. The lowest BCUT2D eigenvalue weighted by Gasteiger charge is -2.23. The molecule has 1 atom stereocenters. The SMILES string of the molecule is Cc1c(C(=O)N2CCC[C@@H]2c2cccs2)[nH]c2c1C(=O)CCC2. The van der Waals surface area contributed by atoms with E-state index in [0.717, 1.165) is 49.0 Å². The number of nitrogens with one attached hydrogen (secondary N) is 1. The fourth-order valence-corrected chi connectivity index (χ4v) is 4.79. The number of Topliss-reactive ketones (excluding diaryl/α,β-unsaturated/α-hetero) is 1. The lowest BCUT2D eigenvalue weighted by Crippen LogP contribution is -2.31. The molecular formula is C18H20N2O2S. The molecule has 0 aromatic carbocycles. The Morgan fingerprint density at radius 1 is 1.35 bits per heavy atom. The predicted molar refractivity (Wildman–Crippen MR) is 90.1 cm³/mol. The molecule has 1 amide bonds. The Morgan fingerprint density at radius 3 is 2.96 bits per heavy atom. The minimum Gasteiger partial charge on any atom is -0.354 e. The third-order valence-electron chi connectivity index (χ3n) is 5.04. The van der Waals surface area contributed by atoms with Crippen molar-refractivity contribution in [2.24, 2.45) is 0 Å². The van der Waals surface area contributed by atoms with E-state index in [9.17, 15) is 9.59 Å².